The van der Waals surface area contributed by atoms with Crippen molar-refractivity contribution in [3.63, 3.8) is 0 Å². The SMILES string of the molecule is N#C/C(=C\c1c(OCc2ccccc2Cl)ccc2ccccc12)c1nc2ccccc2s1. The van der Waals surface area contributed by atoms with Crippen LogP contribution in [0.1, 0.15) is 16.1 Å². The first-order valence-electron chi connectivity index (χ1n) is 10.1. The number of fused-ring (bicyclic) bond motifs is 2. The van der Waals surface area contributed by atoms with Crippen molar-refractivity contribution in [2.45, 2.75) is 6.61 Å². The molecule has 0 aliphatic carbocycles. The Kier molecular flexibility index (Phi) is 5.60. The van der Waals surface area contributed by atoms with Gasteiger partial charge in [-0.05, 0) is 41.1 Å². The maximum absolute atomic E-state index is 9.96. The number of hydrogen-bond acceptors (Lipinski definition) is 4. The lowest BCUT2D eigenvalue weighted by Crippen LogP contribution is -1.98. The molecule has 0 atom stereocenters. The normalized spacial score (nSPS) is 11.6. The molecule has 0 aliphatic heterocycles. The summed E-state index contributed by atoms with van der Waals surface area (Å²) in [4.78, 5) is 4.66. The Morgan fingerprint density at radius 1 is 0.969 bits per heavy atom. The molecule has 0 spiro atoms. The Hall–Kier alpha value is -3.65. The predicted octanol–water partition coefficient (Wildman–Crippen LogP) is 7.75. The van der Waals surface area contributed by atoms with Crippen molar-refractivity contribution in [1.29, 1.82) is 5.26 Å². The fraction of sp³-hybridized carbons (Fsp3) is 0.0370. The third kappa shape index (κ3) is 3.97. The average molecular weight is 453 g/mol. The number of allylic oxidation sites excluding steroid dienone is 1. The Morgan fingerprint density at radius 3 is 2.59 bits per heavy atom. The minimum Gasteiger partial charge on any atom is -0.488 e. The fourth-order valence-electron chi connectivity index (χ4n) is 3.59. The number of halogens is 1. The van der Waals surface area contributed by atoms with Gasteiger partial charge in [-0.2, -0.15) is 5.26 Å². The lowest BCUT2D eigenvalue weighted by atomic mass is 10.0. The van der Waals surface area contributed by atoms with Gasteiger partial charge in [0.25, 0.3) is 0 Å². The first kappa shape index (κ1) is 20.3. The molecule has 0 N–H and O–H groups in total. The van der Waals surface area contributed by atoms with Crippen LogP contribution < -0.4 is 4.74 Å². The monoisotopic (exact) mass is 452 g/mol. The molecule has 32 heavy (non-hydrogen) atoms. The number of para-hydroxylation sites is 1. The second-order valence-electron chi connectivity index (χ2n) is 7.24. The molecule has 0 fully saturated rings. The summed E-state index contributed by atoms with van der Waals surface area (Å²) in [7, 11) is 0. The van der Waals surface area contributed by atoms with Gasteiger partial charge < -0.3 is 4.74 Å². The lowest BCUT2D eigenvalue weighted by Gasteiger charge is -2.13. The van der Waals surface area contributed by atoms with Crippen molar-refractivity contribution >= 4 is 55.6 Å². The quantitative estimate of drug-likeness (QED) is 0.256. The van der Waals surface area contributed by atoms with E-state index in [1.165, 1.54) is 11.3 Å². The van der Waals surface area contributed by atoms with Crippen molar-refractivity contribution in [3.05, 3.63) is 106 Å². The van der Waals surface area contributed by atoms with Crippen LogP contribution in [0.15, 0.2) is 84.9 Å². The highest BCUT2D eigenvalue weighted by molar-refractivity contribution is 7.19. The molecule has 0 radical (unpaired) electrons. The summed E-state index contributed by atoms with van der Waals surface area (Å²) in [5, 5.41) is 13.4. The summed E-state index contributed by atoms with van der Waals surface area (Å²) in [6.07, 6.45) is 1.88. The van der Waals surface area contributed by atoms with Gasteiger partial charge in [0.1, 0.15) is 23.4 Å². The maximum Gasteiger partial charge on any atom is 0.135 e. The highest BCUT2D eigenvalue weighted by atomic mass is 35.5. The summed E-state index contributed by atoms with van der Waals surface area (Å²) in [5.41, 5.74) is 3.15. The van der Waals surface area contributed by atoms with Crippen molar-refractivity contribution in [2.24, 2.45) is 0 Å². The van der Waals surface area contributed by atoms with Crippen LogP contribution in [0.3, 0.4) is 0 Å². The Bertz CT molecular complexity index is 1480. The van der Waals surface area contributed by atoms with Gasteiger partial charge in [0.05, 0.1) is 15.8 Å². The van der Waals surface area contributed by atoms with Gasteiger partial charge in [-0.1, -0.05) is 72.3 Å². The minimum atomic E-state index is 0.335. The number of aromatic nitrogens is 1. The zero-order valence-corrected chi connectivity index (χ0v) is 18.5. The van der Waals surface area contributed by atoms with Crippen LogP contribution >= 0.6 is 22.9 Å². The first-order chi connectivity index (χ1) is 15.7. The molecule has 0 saturated heterocycles. The van der Waals surface area contributed by atoms with Crippen molar-refractivity contribution < 1.29 is 4.74 Å². The van der Waals surface area contributed by atoms with Crippen LogP contribution in [-0.2, 0) is 6.61 Å². The summed E-state index contributed by atoms with van der Waals surface area (Å²) in [6, 6.07) is 29.9. The number of benzene rings is 4. The third-order valence-electron chi connectivity index (χ3n) is 5.21. The van der Waals surface area contributed by atoms with E-state index in [0.29, 0.717) is 28.0 Å². The van der Waals surface area contributed by atoms with E-state index < -0.39 is 0 Å². The summed E-state index contributed by atoms with van der Waals surface area (Å²) in [5.74, 6) is 0.692. The van der Waals surface area contributed by atoms with Crippen LogP contribution in [0.4, 0.5) is 0 Å². The highest BCUT2D eigenvalue weighted by Crippen LogP contribution is 2.34. The van der Waals surface area contributed by atoms with Crippen LogP contribution in [0.25, 0.3) is 32.6 Å². The number of ether oxygens (including phenoxy) is 1. The Labute approximate surface area is 194 Å². The van der Waals surface area contributed by atoms with E-state index in [1.807, 2.05) is 91.0 Å². The number of nitrogens with zero attached hydrogens (tertiary/aromatic N) is 2. The van der Waals surface area contributed by atoms with Crippen molar-refractivity contribution in [1.82, 2.24) is 4.98 Å². The Morgan fingerprint density at radius 2 is 1.75 bits per heavy atom. The zero-order chi connectivity index (χ0) is 21.9. The van der Waals surface area contributed by atoms with Gasteiger partial charge in [-0.3, -0.25) is 0 Å². The van der Waals surface area contributed by atoms with Gasteiger partial charge >= 0.3 is 0 Å². The molecule has 1 aromatic heterocycles. The molecular weight excluding hydrogens is 436 g/mol. The molecule has 154 valence electrons. The van der Waals surface area contributed by atoms with Crippen LogP contribution in [0, 0.1) is 11.3 Å². The van der Waals surface area contributed by atoms with E-state index in [1.54, 1.807) is 0 Å². The van der Waals surface area contributed by atoms with Gasteiger partial charge in [0.15, 0.2) is 0 Å². The third-order valence-corrected chi connectivity index (χ3v) is 6.64. The molecule has 0 saturated carbocycles. The molecule has 5 heteroatoms. The molecule has 0 unspecified atom stereocenters. The minimum absolute atomic E-state index is 0.335. The fourth-order valence-corrected chi connectivity index (χ4v) is 4.72. The molecular formula is C27H17ClN2OS. The van der Waals surface area contributed by atoms with E-state index in [4.69, 9.17) is 16.3 Å². The van der Waals surface area contributed by atoms with Gasteiger partial charge in [-0.25, -0.2) is 4.98 Å². The van der Waals surface area contributed by atoms with Gasteiger partial charge in [0.2, 0.25) is 0 Å². The molecule has 0 bridgehead atoms. The van der Waals surface area contributed by atoms with Gasteiger partial charge in [-0.15, -0.1) is 11.3 Å². The number of hydrogen-bond donors (Lipinski definition) is 0. The van der Waals surface area contributed by atoms with E-state index in [0.717, 1.165) is 32.1 Å². The largest absolute Gasteiger partial charge is 0.488 e. The molecule has 0 aliphatic rings. The molecule has 3 nitrogen and oxygen atoms in total. The highest BCUT2D eigenvalue weighted by Gasteiger charge is 2.13. The second kappa shape index (κ2) is 8.84. The van der Waals surface area contributed by atoms with E-state index in [9.17, 15) is 5.26 Å². The number of thiazole rings is 1. The standard InChI is InChI=1S/C27H17ClN2OS/c28-23-10-4-2-8-19(23)17-31-25-14-13-18-7-1-3-9-21(18)22(25)15-20(16-29)27-30-24-11-5-6-12-26(24)32-27/h1-15H,17H2/b20-15+. The van der Waals surface area contributed by atoms with E-state index >= 15 is 0 Å². The van der Waals surface area contributed by atoms with Crippen LogP contribution in [-0.4, -0.2) is 4.98 Å². The van der Waals surface area contributed by atoms with E-state index in [-0.39, 0.29) is 0 Å². The lowest BCUT2D eigenvalue weighted by molar-refractivity contribution is 0.306. The number of nitriles is 1. The molecule has 4 aromatic carbocycles. The first-order valence-corrected chi connectivity index (χ1v) is 11.3. The zero-order valence-electron chi connectivity index (χ0n) is 17.0. The second-order valence-corrected chi connectivity index (χ2v) is 8.67. The predicted molar refractivity (Wildman–Crippen MR) is 133 cm³/mol. The summed E-state index contributed by atoms with van der Waals surface area (Å²) >= 11 is 7.82. The van der Waals surface area contributed by atoms with Crippen molar-refractivity contribution in [3.8, 4) is 11.8 Å². The molecule has 5 aromatic rings. The average Bonchev–Trinajstić information content (AvgIpc) is 3.26. The number of rotatable bonds is 5. The molecule has 1 heterocycles. The van der Waals surface area contributed by atoms with Gasteiger partial charge in [0, 0.05) is 16.1 Å². The maximum atomic E-state index is 9.96. The van der Waals surface area contributed by atoms with E-state index in [2.05, 4.69) is 11.1 Å². The van der Waals surface area contributed by atoms with Crippen LogP contribution in [0.5, 0.6) is 5.75 Å². The van der Waals surface area contributed by atoms with Crippen molar-refractivity contribution in [2.75, 3.05) is 0 Å². The summed E-state index contributed by atoms with van der Waals surface area (Å²) in [6.45, 7) is 0.335. The summed E-state index contributed by atoms with van der Waals surface area (Å²) < 4.78 is 7.25. The smallest absolute Gasteiger partial charge is 0.135 e. The Balaban J connectivity index is 1.61. The molecule has 0 amide bonds. The topological polar surface area (TPSA) is 45.9 Å². The molecule has 5 rings (SSSR count). The van der Waals surface area contributed by atoms with Crippen LogP contribution in [0.2, 0.25) is 5.02 Å².